The highest BCUT2D eigenvalue weighted by molar-refractivity contribution is 7.71. The van der Waals surface area contributed by atoms with E-state index < -0.39 is 0 Å². The number of rotatable bonds is 5. The van der Waals surface area contributed by atoms with Gasteiger partial charge in [0.15, 0.2) is 0 Å². The van der Waals surface area contributed by atoms with Crippen molar-refractivity contribution in [1.29, 1.82) is 0 Å². The van der Waals surface area contributed by atoms with Crippen molar-refractivity contribution in [3.63, 3.8) is 0 Å². The summed E-state index contributed by atoms with van der Waals surface area (Å²) in [7, 11) is 0. The van der Waals surface area contributed by atoms with Gasteiger partial charge in [0.05, 0.1) is 17.5 Å². The van der Waals surface area contributed by atoms with E-state index >= 15 is 0 Å². The predicted molar refractivity (Wildman–Crippen MR) is 102 cm³/mol. The summed E-state index contributed by atoms with van der Waals surface area (Å²) in [4.78, 5) is 11.8. The third-order valence-electron chi connectivity index (χ3n) is 3.91. The first kappa shape index (κ1) is 17.4. The lowest BCUT2D eigenvalue weighted by Gasteiger charge is -2.07. The first-order valence-electron chi connectivity index (χ1n) is 8.36. The number of ether oxygens (including phenoxy) is 1. The number of hydrogen-bond acceptors (Lipinski definition) is 4. The van der Waals surface area contributed by atoms with Crippen molar-refractivity contribution in [2.45, 2.75) is 26.7 Å². The Morgan fingerprint density at radius 1 is 1.16 bits per heavy atom. The lowest BCUT2D eigenvalue weighted by Crippen LogP contribution is -2.08. The lowest BCUT2D eigenvalue weighted by molar-refractivity contribution is -0.142. The van der Waals surface area contributed by atoms with Crippen molar-refractivity contribution >= 4 is 29.2 Å². The quantitative estimate of drug-likeness (QED) is 0.440. The van der Waals surface area contributed by atoms with Gasteiger partial charge in [-0.05, 0) is 37.1 Å². The van der Waals surface area contributed by atoms with Crippen LogP contribution >= 0.6 is 12.2 Å². The van der Waals surface area contributed by atoms with E-state index in [4.69, 9.17) is 21.4 Å². The minimum Gasteiger partial charge on any atom is -0.465 e. The summed E-state index contributed by atoms with van der Waals surface area (Å²) < 4.78 is 11.9. The van der Waals surface area contributed by atoms with Gasteiger partial charge in [-0.2, -0.15) is 0 Å². The minimum absolute atomic E-state index is 0.214. The second-order valence-electron chi connectivity index (χ2n) is 6.07. The van der Waals surface area contributed by atoms with E-state index in [1.165, 1.54) is 0 Å². The van der Waals surface area contributed by atoms with Crippen LogP contribution in [0.3, 0.4) is 0 Å². The molecule has 128 valence electrons. The van der Waals surface area contributed by atoms with Crippen LogP contribution in [0, 0.1) is 11.4 Å². The maximum Gasteiger partial charge on any atom is 0.310 e. The largest absolute Gasteiger partial charge is 0.465 e. The minimum atomic E-state index is -0.214. The van der Waals surface area contributed by atoms with Gasteiger partial charge in [-0.1, -0.05) is 49.0 Å². The van der Waals surface area contributed by atoms with Gasteiger partial charge in [0, 0.05) is 17.0 Å². The van der Waals surface area contributed by atoms with Crippen LogP contribution in [0.1, 0.15) is 24.5 Å². The molecular formula is C21H20O3S. The molecule has 0 N–H and O–H groups in total. The topological polar surface area (TPSA) is 39.4 Å². The molecule has 0 unspecified atom stereocenters. The molecule has 25 heavy (non-hydrogen) atoms. The molecule has 0 spiro atoms. The summed E-state index contributed by atoms with van der Waals surface area (Å²) in [6.45, 7) is 4.46. The summed E-state index contributed by atoms with van der Waals surface area (Å²) in [5.74, 6) is 0.485. The Morgan fingerprint density at radius 3 is 2.80 bits per heavy atom. The van der Waals surface area contributed by atoms with Crippen LogP contribution < -0.4 is 0 Å². The van der Waals surface area contributed by atoms with E-state index in [0.717, 1.165) is 38.6 Å². The molecule has 0 saturated heterocycles. The lowest BCUT2D eigenvalue weighted by atomic mass is 10.1. The summed E-state index contributed by atoms with van der Waals surface area (Å²) >= 11 is 5.52. The first-order valence-corrected chi connectivity index (χ1v) is 8.77. The van der Waals surface area contributed by atoms with E-state index in [-0.39, 0.29) is 12.4 Å². The highest BCUT2D eigenvalue weighted by Gasteiger charge is 2.09. The molecule has 3 aromatic rings. The molecule has 0 atom stereocenters. The van der Waals surface area contributed by atoms with Gasteiger partial charge in [0.1, 0.15) is 11.3 Å². The van der Waals surface area contributed by atoms with Crippen molar-refractivity contribution in [3.8, 4) is 11.3 Å². The van der Waals surface area contributed by atoms with Crippen LogP contribution in [0.15, 0.2) is 52.9 Å². The Bertz CT molecular complexity index is 972. The molecule has 1 aromatic heterocycles. The molecule has 0 fully saturated rings. The molecule has 0 saturated carbocycles. The summed E-state index contributed by atoms with van der Waals surface area (Å²) in [6.07, 6.45) is 1.07. The van der Waals surface area contributed by atoms with Crippen molar-refractivity contribution < 1.29 is 13.9 Å². The first-order chi connectivity index (χ1) is 12.1. The molecule has 2 aromatic carbocycles. The van der Waals surface area contributed by atoms with Gasteiger partial charge in [0.2, 0.25) is 0 Å². The maximum atomic E-state index is 11.8. The smallest absolute Gasteiger partial charge is 0.310 e. The van der Waals surface area contributed by atoms with E-state index in [1.807, 2.05) is 62.4 Å². The summed E-state index contributed by atoms with van der Waals surface area (Å²) in [5.41, 5.74) is 3.70. The third kappa shape index (κ3) is 4.15. The maximum absolute atomic E-state index is 11.8. The average molecular weight is 352 g/mol. The fourth-order valence-electron chi connectivity index (χ4n) is 2.68. The molecule has 3 rings (SSSR count). The monoisotopic (exact) mass is 352 g/mol. The normalized spacial score (nSPS) is 10.8. The Hall–Kier alpha value is -2.46. The second kappa shape index (κ2) is 7.62. The van der Waals surface area contributed by atoms with Gasteiger partial charge in [-0.25, -0.2) is 0 Å². The zero-order valence-electron chi connectivity index (χ0n) is 14.4. The predicted octanol–water partition coefficient (Wildman–Crippen LogP) is 5.63. The SMILES string of the molecule is CCCOC(=O)Cc1cccc(-c2cc(=S)c3cc(C)ccc3o2)c1. The van der Waals surface area contributed by atoms with Gasteiger partial charge in [0.25, 0.3) is 0 Å². The molecule has 0 aliphatic rings. The molecule has 3 nitrogen and oxygen atoms in total. The number of hydrogen-bond donors (Lipinski definition) is 0. The molecule has 0 amide bonds. The van der Waals surface area contributed by atoms with Gasteiger partial charge in [-0.15, -0.1) is 0 Å². The van der Waals surface area contributed by atoms with Gasteiger partial charge >= 0.3 is 5.97 Å². The van der Waals surface area contributed by atoms with Crippen molar-refractivity contribution in [2.24, 2.45) is 0 Å². The number of esters is 1. The van der Waals surface area contributed by atoms with E-state index in [9.17, 15) is 4.79 Å². The van der Waals surface area contributed by atoms with Crippen molar-refractivity contribution in [3.05, 3.63) is 64.2 Å². The van der Waals surface area contributed by atoms with Crippen LogP contribution in [0.25, 0.3) is 22.3 Å². The molecule has 0 radical (unpaired) electrons. The van der Waals surface area contributed by atoms with Crippen LogP contribution in [-0.4, -0.2) is 12.6 Å². The zero-order chi connectivity index (χ0) is 17.8. The fourth-order valence-corrected chi connectivity index (χ4v) is 2.95. The standard InChI is InChI=1S/C21H20O3S/c1-3-9-23-21(22)12-15-5-4-6-16(11-15)19-13-20(25)17-10-14(2)7-8-18(17)24-19/h4-8,10-11,13H,3,9,12H2,1-2H3. The third-order valence-corrected chi connectivity index (χ3v) is 4.25. The zero-order valence-corrected chi connectivity index (χ0v) is 15.2. The highest BCUT2D eigenvalue weighted by Crippen LogP contribution is 2.27. The fraction of sp³-hybridized carbons (Fsp3) is 0.238. The van der Waals surface area contributed by atoms with E-state index in [2.05, 4.69) is 0 Å². The molecule has 1 heterocycles. The van der Waals surface area contributed by atoms with Gasteiger partial charge in [-0.3, -0.25) is 4.79 Å². The molecule has 0 bridgehead atoms. The van der Waals surface area contributed by atoms with Crippen molar-refractivity contribution in [1.82, 2.24) is 0 Å². The van der Waals surface area contributed by atoms with E-state index in [0.29, 0.717) is 12.4 Å². The Labute approximate surface area is 152 Å². The summed E-state index contributed by atoms with van der Waals surface area (Å²) in [6, 6.07) is 15.6. The molecular weight excluding hydrogens is 332 g/mol. The number of carbonyl (C=O) groups is 1. The van der Waals surface area contributed by atoms with Crippen molar-refractivity contribution in [2.75, 3.05) is 6.61 Å². The Kier molecular flexibility index (Phi) is 5.29. The number of carbonyl (C=O) groups excluding carboxylic acids is 1. The molecule has 4 heteroatoms. The van der Waals surface area contributed by atoms with Crippen LogP contribution in [0.5, 0.6) is 0 Å². The van der Waals surface area contributed by atoms with Gasteiger partial charge < -0.3 is 9.15 Å². The number of aryl methyl sites for hydroxylation is 1. The van der Waals surface area contributed by atoms with Crippen LogP contribution in [0.2, 0.25) is 0 Å². The number of fused-ring (bicyclic) bond motifs is 1. The molecule has 0 aliphatic heterocycles. The van der Waals surface area contributed by atoms with Crippen LogP contribution in [-0.2, 0) is 16.0 Å². The Morgan fingerprint density at radius 2 is 2.00 bits per heavy atom. The molecule has 0 aliphatic carbocycles. The van der Waals surface area contributed by atoms with E-state index in [1.54, 1.807) is 0 Å². The Balaban J connectivity index is 1.93. The highest BCUT2D eigenvalue weighted by atomic mass is 32.1. The second-order valence-corrected chi connectivity index (χ2v) is 6.51. The van der Waals surface area contributed by atoms with Crippen LogP contribution in [0.4, 0.5) is 0 Å². The summed E-state index contributed by atoms with van der Waals surface area (Å²) in [5, 5.41) is 0.943. The number of benzene rings is 2. The average Bonchev–Trinajstić information content (AvgIpc) is 2.60.